The van der Waals surface area contributed by atoms with Gasteiger partial charge in [-0.05, 0) is 42.0 Å². The molecule has 11 heteroatoms. The van der Waals surface area contributed by atoms with E-state index in [-0.39, 0.29) is 17.2 Å². The molecular weight excluding hydrogens is 522 g/mol. The van der Waals surface area contributed by atoms with Crippen LogP contribution >= 0.6 is 58.0 Å². The molecule has 0 spiro atoms. The summed E-state index contributed by atoms with van der Waals surface area (Å²) in [5, 5.41) is 6.26. The number of hydrogen-bond acceptors (Lipinski definition) is 4. The Morgan fingerprint density at radius 3 is 2.34 bits per heavy atom. The molecule has 0 bridgehead atoms. The fourth-order valence-corrected chi connectivity index (χ4v) is 5.26. The highest BCUT2D eigenvalue weighted by Crippen LogP contribution is 2.65. The number of alkyl halides is 2. The van der Waals surface area contributed by atoms with E-state index in [4.69, 9.17) is 62.7 Å². The number of benzene rings is 2. The fraction of sp³-hybridized carbons (Fsp3) is 0.286. The van der Waals surface area contributed by atoms with Crippen LogP contribution in [0.4, 0.5) is 5.69 Å². The van der Waals surface area contributed by atoms with Gasteiger partial charge in [0.2, 0.25) is 5.91 Å². The summed E-state index contributed by atoms with van der Waals surface area (Å²) < 4.78 is 3.50. The zero-order valence-electron chi connectivity index (χ0n) is 16.1. The first-order valence-electron chi connectivity index (χ1n) is 9.49. The standard InChI is InChI=1S/C21H15Cl5N2O4/c22-10-5-9(6-11(23)7-10)16-17(21(16,25)26)19(30)27-12-1-2-14(24)13(8-12)18(29)28-15-3-4-32-20(15)31/h1-2,5-8,15-17H,3-4H2,(H,27,30)(H,28,29). The van der Waals surface area contributed by atoms with Crippen LogP contribution in [0.25, 0.3) is 0 Å². The van der Waals surface area contributed by atoms with Crippen LogP contribution in [0.15, 0.2) is 36.4 Å². The number of nitrogens with one attached hydrogen (secondary N) is 2. The van der Waals surface area contributed by atoms with Gasteiger partial charge >= 0.3 is 5.97 Å². The van der Waals surface area contributed by atoms with Crippen molar-refractivity contribution in [1.29, 1.82) is 0 Å². The molecule has 2 aliphatic rings. The van der Waals surface area contributed by atoms with Crippen molar-refractivity contribution in [3.05, 3.63) is 62.6 Å². The van der Waals surface area contributed by atoms with Gasteiger partial charge in [-0.2, -0.15) is 0 Å². The molecule has 1 heterocycles. The Kier molecular flexibility index (Phi) is 6.54. The quantitative estimate of drug-likeness (QED) is 0.406. The molecule has 32 heavy (non-hydrogen) atoms. The molecule has 1 aliphatic heterocycles. The maximum atomic E-state index is 12.9. The second-order valence-electron chi connectivity index (χ2n) is 7.50. The summed E-state index contributed by atoms with van der Waals surface area (Å²) in [6.07, 6.45) is 0.378. The SMILES string of the molecule is O=C(NC1CCOC1=O)c1cc(NC(=O)C2C(c3cc(Cl)cc(Cl)c3)C2(Cl)Cl)ccc1Cl. The molecule has 2 aromatic carbocycles. The monoisotopic (exact) mass is 534 g/mol. The molecule has 0 radical (unpaired) electrons. The molecule has 6 nitrogen and oxygen atoms in total. The van der Waals surface area contributed by atoms with Crippen LogP contribution in [-0.2, 0) is 14.3 Å². The summed E-state index contributed by atoms with van der Waals surface area (Å²) in [5.41, 5.74) is 1.06. The van der Waals surface area contributed by atoms with Crippen molar-refractivity contribution >= 4 is 81.5 Å². The second-order valence-corrected chi connectivity index (χ2v) is 10.2. The van der Waals surface area contributed by atoms with Gasteiger partial charge in [-0.1, -0.05) is 34.8 Å². The van der Waals surface area contributed by atoms with Gasteiger partial charge in [-0.15, -0.1) is 23.2 Å². The van der Waals surface area contributed by atoms with Crippen molar-refractivity contribution in [3.8, 4) is 0 Å². The van der Waals surface area contributed by atoms with Crippen LogP contribution in [0.3, 0.4) is 0 Å². The van der Waals surface area contributed by atoms with Crippen LogP contribution in [0.5, 0.6) is 0 Å². The van der Waals surface area contributed by atoms with Gasteiger partial charge < -0.3 is 15.4 Å². The second kappa shape index (κ2) is 8.92. The van der Waals surface area contributed by atoms with E-state index < -0.39 is 40.0 Å². The minimum Gasteiger partial charge on any atom is -0.464 e. The van der Waals surface area contributed by atoms with Crippen molar-refractivity contribution in [2.45, 2.75) is 22.7 Å². The average Bonchev–Trinajstić information content (AvgIpc) is 3.07. The third kappa shape index (κ3) is 4.66. The van der Waals surface area contributed by atoms with Crippen molar-refractivity contribution in [2.75, 3.05) is 11.9 Å². The number of carbonyl (C=O) groups is 3. The van der Waals surface area contributed by atoms with Gasteiger partial charge in [0.15, 0.2) is 0 Å². The zero-order valence-corrected chi connectivity index (χ0v) is 19.9. The van der Waals surface area contributed by atoms with E-state index in [9.17, 15) is 14.4 Å². The lowest BCUT2D eigenvalue weighted by Crippen LogP contribution is -2.38. The van der Waals surface area contributed by atoms with Crippen LogP contribution in [-0.4, -0.2) is 34.8 Å². The smallest absolute Gasteiger partial charge is 0.328 e. The minimum absolute atomic E-state index is 0.0983. The van der Waals surface area contributed by atoms with E-state index in [1.807, 2.05) is 0 Å². The molecular formula is C21H15Cl5N2O4. The highest BCUT2D eigenvalue weighted by Gasteiger charge is 2.67. The fourth-order valence-electron chi connectivity index (χ4n) is 3.68. The lowest BCUT2D eigenvalue weighted by molar-refractivity contribution is -0.139. The molecule has 1 saturated heterocycles. The summed E-state index contributed by atoms with van der Waals surface area (Å²) in [6.45, 7) is 0.243. The largest absolute Gasteiger partial charge is 0.464 e. The molecule has 2 amide bonds. The number of cyclic esters (lactones) is 1. The Balaban J connectivity index is 1.49. The van der Waals surface area contributed by atoms with E-state index in [1.54, 1.807) is 24.3 Å². The van der Waals surface area contributed by atoms with Gasteiger partial charge in [0, 0.05) is 28.1 Å². The number of amides is 2. The molecule has 2 fully saturated rings. The Morgan fingerprint density at radius 2 is 1.72 bits per heavy atom. The van der Waals surface area contributed by atoms with Crippen LogP contribution in [0.1, 0.15) is 28.3 Å². The third-order valence-corrected chi connectivity index (χ3v) is 7.01. The number of rotatable bonds is 5. The summed E-state index contributed by atoms with van der Waals surface area (Å²) in [4.78, 5) is 37.1. The van der Waals surface area contributed by atoms with E-state index >= 15 is 0 Å². The molecule has 168 valence electrons. The molecule has 2 N–H and O–H groups in total. The summed E-state index contributed by atoms with van der Waals surface area (Å²) in [7, 11) is 0. The first kappa shape index (κ1) is 23.5. The number of halogens is 5. The van der Waals surface area contributed by atoms with E-state index in [0.717, 1.165) is 0 Å². The van der Waals surface area contributed by atoms with Crippen molar-refractivity contribution < 1.29 is 19.1 Å². The number of hydrogen-bond donors (Lipinski definition) is 2. The molecule has 2 aromatic rings. The molecule has 1 saturated carbocycles. The predicted molar refractivity (Wildman–Crippen MR) is 124 cm³/mol. The molecule has 1 aliphatic carbocycles. The zero-order chi connectivity index (χ0) is 23.2. The first-order valence-corrected chi connectivity index (χ1v) is 11.4. The van der Waals surface area contributed by atoms with Crippen molar-refractivity contribution in [2.24, 2.45) is 5.92 Å². The molecule has 3 atom stereocenters. The van der Waals surface area contributed by atoms with Crippen LogP contribution in [0, 0.1) is 5.92 Å². The number of esters is 1. The third-order valence-electron chi connectivity index (χ3n) is 5.30. The molecule has 3 unspecified atom stereocenters. The van der Waals surface area contributed by atoms with E-state index in [2.05, 4.69) is 10.6 Å². The maximum absolute atomic E-state index is 12.9. The van der Waals surface area contributed by atoms with Gasteiger partial charge in [0.05, 0.1) is 23.1 Å². The van der Waals surface area contributed by atoms with Crippen molar-refractivity contribution in [3.63, 3.8) is 0 Å². The van der Waals surface area contributed by atoms with Gasteiger partial charge in [0.25, 0.3) is 5.91 Å². The predicted octanol–water partition coefficient (Wildman–Crippen LogP) is 5.22. The Morgan fingerprint density at radius 1 is 1.03 bits per heavy atom. The topological polar surface area (TPSA) is 84.5 Å². The molecule has 4 rings (SSSR count). The van der Waals surface area contributed by atoms with Gasteiger partial charge in [-0.3, -0.25) is 9.59 Å². The lowest BCUT2D eigenvalue weighted by atomic mass is 10.1. The van der Waals surface area contributed by atoms with Gasteiger partial charge in [0.1, 0.15) is 10.4 Å². The Labute approximate surface area is 208 Å². The van der Waals surface area contributed by atoms with Crippen molar-refractivity contribution in [1.82, 2.24) is 5.32 Å². The number of carbonyl (C=O) groups excluding carboxylic acids is 3. The number of anilines is 1. The van der Waals surface area contributed by atoms with Crippen LogP contribution in [0.2, 0.25) is 15.1 Å². The highest BCUT2D eigenvalue weighted by molar-refractivity contribution is 6.53. The highest BCUT2D eigenvalue weighted by atomic mass is 35.5. The average molecular weight is 537 g/mol. The Hall–Kier alpha value is -1.70. The van der Waals surface area contributed by atoms with Crippen LogP contribution < -0.4 is 10.6 Å². The lowest BCUT2D eigenvalue weighted by Gasteiger charge is -2.12. The summed E-state index contributed by atoms with van der Waals surface area (Å²) in [5.74, 6) is -2.77. The summed E-state index contributed by atoms with van der Waals surface area (Å²) >= 11 is 31.0. The van der Waals surface area contributed by atoms with E-state index in [0.29, 0.717) is 27.7 Å². The number of ether oxygens (including phenoxy) is 1. The van der Waals surface area contributed by atoms with Gasteiger partial charge in [-0.25, -0.2) is 4.79 Å². The minimum atomic E-state index is -1.34. The van der Waals surface area contributed by atoms with E-state index in [1.165, 1.54) is 12.1 Å². The molecule has 0 aromatic heterocycles. The Bertz CT molecular complexity index is 1100. The summed E-state index contributed by atoms with van der Waals surface area (Å²) in [6, 6.07) is 8.57. The first-order chi connectivity index (χ1) is 15.1. The normalized spacial score (nSPS) is 23.4. The maximum Gasteiger partial charge on any atom is 0.328 e.